The maximum atomic E-state index is 13.0. The highest BCUT2D eigenvalue weighted by atomic mass is 16.5. The molecule has 1 heterocycles. The number of benzene rings is 1. The first kappa shape index (κ1) is 22.1. The number of carbonyl (C=O) groups is 2. The molecule has 0 spiro atoms. The molecule has 4 bridgehead atoms. The van der Waals surface area contributed by atoms with E-state index in [1.54, 1.807) is 24.3 Å². The van der Waals surface area contributed by atoms with E-state index in [9.17, 15) is 14.7 Å². The van der Waals surface area contributed by atoms with Crippen molar-refractivity contribution in [1.29, 1.82) is 0 Å². The standard InChI is InChI=1S/C26H33N3O4/c1-2-6-20(27-25(32)23(30)19-7-4-3-5-8-19)24(31)28-22-12-21(33-29-22)26-13-16-9-17(14-26)11-18(10-16)15-26/h3-5,7-8,12,16-18,20,23,30H,2,6,9-11,13-15H2,1H3,(H,27,32)(H,28,29,31). The summed E-state index contributed by atoms with van der Waals surface area (Å²) in [7, 11) is 0. The van der Waals surface area contributed by atoms with Crippen LogP contribution in [-0.2, 0) is 15.0 Å². The van der Waals surface area contributed by atoms with Crippen LogP contribution in [0.4, 0.5) is 5.82 Å². The van der Waals surface area contributed by atoms with Gasteiger partial charge in [-0.1, -0.05) is 48.8 Å². The van der Waals surface area contributed by atoms with Crippen LogP contribution in [0.3, 0.4) is 0 Å². The molecule has 0 saturated heterocycles. The number of nitrogens with one attached hydrogen (secondary N) is 2. The number of hydrogen-bond donors (Lipinski definition) is 3. The molecule has 4 fully saturated rings. The third-order valence-electron chi connectivity index (χ3n) is 7.90. The van der Waals surface area contributed by atoms with Crippen LogP contribution in [0.25, 0.3) is 0 Å². The van der Waals surface area contributed by atoms with Crippen LogP contribution >= 0.6 is 0 Å². The van der Waals surface area contributed by atoms with Gasteiger partial charge < -0.3 is 20.3 Å². The molecule has 1 aromatic heterocycles. The lowest BCUT2D eigenvalue weighted by Crippen LogP contribution is -2.48. The van der Waals surface area contributed by atoms with Crippen LogP contribution in [0.2, 0.25) is 0 Å². The third kappa shape index (κ3) is 4.43. The zero-order chi connectivity index (χ0) is 23.0. The normalized spacial score (nSPS) is 29.5. The Kier molecular flexibility index (Phi) is 5.99. The fraction of sp³-hybridized carbons (Fsp3) is 0.577. The predicted molar refractivity (Wildman–Crippen MR) is 123 cm³/mol. The summed E-state index contributed by atoms with van der Waals surface area (Å²) in [6, 6.07) is 9.81. The number of aliphatic hydroxyl groups is 1. The Morgan fingerprint density at radius 2 is 1.73 bits per heavy atom. The summed E-state index contributed by atoms with van der Waals surface area (Å²) >= 11 is 0. The number of rotatable bonds is 8. The van der Waals surface area contributed by atoms with E-state index in [-0.39, 0.29) is 11.3 Å². The average molecular weight is 452 g/mol. The monoisotopic (exact) mass is 451 g/mol. The second-order valence-corrected chi connectivity index (χ2v) is 10.4. The first-order valence-corrected chi connectivity index (χ1v) is 12.3. The Labute approximate surface area is 194 Å². The highest BCUT2D eigenvalue weighted by Crippen LogP contribution is 2.60. The minimum atomic E-state index is -1.33. The summed E-state index contributed by atoms with van der Waals surface area (Å²) in [6.45, 7) is 1.95. The van der Waals surface area contributed by atoms with Gasteiger partial charge in [-0.2, -0.15) is 0 Å². The van der Waals surface area contributed by atoms with E-state index < -0.39 is 18.1 Å². The first-order valence-electron chi connectivity index (χ1n) is 12.3. The van der Waals surface area contributed by atoms with Crippen LogP contribution in [-0.4, -0.2) is 28.1 Å². The Bertz CT molecular complexity index is 967. The van der Waals surface area contributed by atoms with Gasteiger partial charge in [0.15, 0.2) is 11.9 Å². The maximum Gasteiger partial charge on any atom is 0.254 e. The van der Waals surface area contributed by atoms with Gasteiger partial charge in [0.25, 0.3) is 5.91 Å². The van der Waals surface area contributed by atoms with Gasteiger partial charge in [-0.15, -0.1) is 0 Å². The van der Waals surface area contributed by atoms with Gasteiger partial charge in [0.2, 0.25) is 5.91 Å². The molecule has 0 radical (unpaired) electrons. The van der Waals surface area contributed by atoms with Gasteiger partial charge in [0, 0.05) is 11.5 Å². The zero-order valence-electron chi connectivity index (χ0n) is 19.1. The number of nitrogens with zero attached hydrogens (tertiary/aromatic N) is 1. The van der Waals surface area contributed by atoms with Crippen LogP contribution in [0.5, 0.6) is 0 Å². The number of amides is 2. The molecular weight excluding hydrogens is 418 g/mol. The summed E-state index contributed by atoms with van der Waals surface area (Å²) in [5.74, 6) is 2.72. The Morgan fingerprint density at radius 1 is 1.09 bits per heavy atom. The number of anilines is 1. The molecule has 2 unspecified atom stereocenters. The molecule has 4 aliphatic carbocycles. The maximum absolute atomic E-state index is 13.0. The molecule has 3 N–H and O–H groups in total. The SMILES string of the molecule is CCCC(NC(=O)C(O)c1ccccc1)C(=O)Nc1cc(C23CC4CC(CC(C4)C2)C3)on1. The summed E-state index contributed by atoms with van der Waals surface area (Å²) in [4.78, 5) is 25.5. The van der Waals surface area contributed by atoms with E-state index in [1.807, 2.05) is 19.1 Å². The number of carbonyl (C=O) groups excluding carboxylic acids is 2. The molecule has 4 saturated carbocycles. The Hall–Kier alpha value is -2.67. The smallest absolute Gasteiger partial charge is 0.254 e. The highest BCUT2D eigenvalue weighted by Gasteiger charge is 2.53. The molecule has 2 amide bonds. The van der Waals surface area contributed by atoms with Gasteiger partial charge in [-0.25, -0.2) is 0 Å². The van der Waals surface area contributed by atoms with Crippen molar-refractivity contribution in [3.63, 3.8) is 0 Å². The lowest BCUT2D eigenvalue weighted by molar-refractivity contribution is -0.133. The quantitative estimate of drug-likeness (QED) is 0.561. The molecule has 2 atom stereocenters. The van der Waals surface area contributed by atoms with Crippen molar-refractivity contribution in [3.05, 3.63) is 47.7 Å². The molecule has 0 aliphatic heterocycles. The number of aromatic nitrogens is 1. The van der Waals surface area contributed by atoms with E-state index in [0.29, 0.717) is 24.2 Å². The van der Waals surface area contributed by atoms with E-state index in [2.05, 4.69) is 15.8 Å². The van der Waals surface area contributed by atoms with E-state index in [4.69, 9.17) is 4.52 Å². The van der Waals surface area contributed by atoms with Gasteiger partial charge >= 0.3 is 0 Å². The number of aliphatic hydroxyl groups excluding tert-OH is 1. The van der Waals surface area contributed by atoms with Crippen molar-refractivity contribution in [2.24, 2.45) is 17.8 Å². The van der Waals surface area contributed by atoms with Gasteiger partial charge in [0.1, 0.15) is 11.8 Å². The average Bonchev–Trinajstić information content (AvgIpc) is 3.27. The second-order valence-electron chi connectivity index (χ2n) is 10.4. The van der Waals surface area contributed by atoms with Crippen molar-refractivity contribution in [2.45, 2.75) is 75.9 Å². The lowest BCUT2D eigenvalue weighted by Gasteiger charge is -2.55. The van der Waals surface area contributed by atoms with Crippen LogP contribution < -0.4 is 10.6 Å². The van der Waals surface area contributed by atoms with Crippen molar-refractivity contribution in [2.75, 3.05) is 5.32 Å². The topological polar surface area (TPSA) is 104 Å². The van der Waals surface area contributed by atoms with Gasteiger partial charge in [-0.05, 0) is 68.3 Å². The van der Waals surface area contributed by atoms with Gasteiger partial charge in [-0.3, -0.25) is 9.59 Å². The molecule has 4 aliphatic rings. The second kappa shape index (κ2) is 8.93. The molecule has 7 nitrogen and oxygen atoms in total. The van der Waals surface area contributed by atoms with Crippen LogP contribution in [0.1, 0.15) is 75.7 Å². The minimum absolute atomic E-state index is 0.0710. The molecule has 2 aromatic rings. The third-order valence-corrected chi connectivity index (χ3v) is 7.90. The molecular formula is C26H33N3O4. The molecule has 33 heavy (non-hydrogen) atoms. The summed E-state index contributed by atoms with van der Waals surface area (Å²) in [5, 5.41) is 20.0. The predicted octanol–water partition coefficient (Wildman–Crippen LogP) is 4.10. The highest BCUT2D eigenvalue weighted by molar-refractivity contribution is 5.97. The van der Waals surface area contributed by atoms with E-state index in [1.165, 1.54) is 19.3 Å². The fourth-order valence-corrected chi connectivity index (χ4v) is 6.80. The summed E-state index contributed by atoms with van der Waals surface area (Å²) < 4.78 is 5.78. The van der Waals surface area contributed by atoms with Crippen LogP contribution in [0.15, 0.2) is 40.9 Å². The van der Waals surface area contributed by atoms with Crippen molar-refractivity contribution < 1.29 is 19.2 Å². The summed E-state index contributed by atoms with van der Waals surface area (Å²) in [5.41, 5.74) is 0.559. The van der Waals surface area contributed by atoms with Crippen LogP contribution in [0, 0.1) is 17.8 Å². The van der Waals surface area contributed by atoms with Crippen molar-refractivity contribution >= 4 is 17.6 Å². The molecule has 6 rings (SSSR count). The van der Waals surface area contributed by atoms with Crippen molar-refractivity contribution in [3.8, 4) is 0 Å². The first-order chi connectivity index (χ1) is 16.0. The molecule has 7 heteroatoms. The van der Waals surface area contributed by atoms with Gasteiger partial charge in [0.05, 0.1) is 0 Å². The molecule has 176 valence electrons. The number of hydrogen-bond acceptors (Lipinski definition) is 5. The largest absolute Gasteiger partial charge is 0.378 e. The fourth-order valence-electron chi connectivity index (χ4n) is 6.80. The van der Waals surface area contributed by atoms with E-state index >= 15 is 0 Å². The van der Waals surface area contributed by atoms with Crippen molar-refractivity contribution in [1.82, 2.24) is 10.5 Å². The summed E-state index contributed by atoms with van der Waals surface area (Å²) in [6.07, 6.45) is 7.37. The van der Waals surface area contributed by atoms with E-state index in [0.717, 1.165) is 42.8 Å². The Morgan fingerprint density at radius 3 is 2.33 bits per heavy atom. The zero-order valence-corrected chi connectivity index (χ0v) is 19.1. The Balaban J connectivity index is 1.24. The minimum Gasteiger partial charge on any atom is -0.378 e. The lowest BCUT2D eigenvalue weighted by atomic mass is 9.49. The molecule has 1 aromatic carbocycles.